The molecule has 0 aromatic carbocycles. The van der Waals surface area contributed by atoms with Gasteiger partial charge in [-0.3, -0.25) is 15.1 Å². The number of piperidine rings is 1. The first kappa shape index (κ1) is 18.2. The van der Waals surface area contributed by atoms with Gasteiger partial charge in [0.2, 0.25) is 0 Å². The molecule has 2 unspecified atom stereocenters. The van der Waals surface area contributed by atoms with Crippen molar-refractivity contribution in [3.05, 3.63) is 20.8 Å². The van der Waals surface area contributed by atoms with Crippen molar-refractivity contribution in [3.63, 3.8) is 0 Å². The second-order valence-corrected chi connectivity index (χ2v) is 8.45. The Kier molecular flexibility index (Phi) is 6.86. The molecule has 0 saturated carbocycles. The number of hydrogen-bond acceptors (Lipinski definition) is 4. The second kappa shape index (κ2) is 8.65. The standard InChI is InChI=1S/C15H23BrN4O2S/c1-10-4-3-7-20(9-10)11(2)8-17-15(22)19-18-14(21)12-5-6-13(16)23-12/h5-6,10-11H,3-4,7-9H2,1-2H3,(H,18,21)(H2,17,19,22). The van der Waals surface area contributed by atoms with Crippen LogP contribution in [0.1, 0.15) is 36.4 Å². The van der Waals surface area contributed by atoms with Crippen LogP contribution in [0.15, 0.2) is 15.9 Å². The molecule has 0 aliphatic carbocycles. The molecule has 0 radical (unpaired) electrons. The van der Waals surface area contributed by atoms with Crippen molar-refractivity contribution in [3.8, 4) is 0 Å². The third-order valence-electron chi connectivity index (χ3n) is 3.96. The van der Waals surface area contributed by atoms with E-state index in [4.69, 9.17) is 0 Å². The molecule has 23 heavy (non-hydrogen) atoms. The summed E-state index contributed by atoms with van der Waals surface area (Å²) in [7, 11) is 0. The second-order valence-electron chi connectivity index (χ2n) is 5.98. The molecule has 1 saturated heterocycles. The van der Waals surface area contributed by atoms with E-state index in [2.05, 4.69) is 50.8 Å². The molecule has 6 nitrogen and oxygen atoms in total. The predicted octanol–water partition coefficient (Wildman–Crippen LogP) is 2.58. The summed E-state index contributed by atoms with van der Waals surface area (Å²) in [6.07, 6.45) is 2.49. The minimum Gasteiger partial charge on any atom is -0.335 e. The summed E-state index contributed by atoms with van der Waals surface area (Å²) < 4.78 is 0.872. The van der Waals surface area contributed by atoms with Crippen molar-refractivity contribution in [2.75, 3.05) is 19.6 Å². The summed E-state index contributed by atoms with van der Waals surface area (Å²) in [5, 5.41) is 2.79. The maximum atomic E-state index is 11.8. The minimum atomic E-state index is -0.397. The smallest absolute Gasteiger partial charge is 0.333 e. The number of amides is 3. The highest BCUT2D eigenvalue weighted by atomic mass is 79.9. The van der Waals surface area contributed by atoms with E-state index in [1.807, 2.05) is 0 Å². The van der Waals surface area contributed by atoms with Crippen molar-refractivity contribution >= 4 is 39.2 Å². The van der Waals surface area contributed by atoms with Crippen LogP contribution >= 0.6 is 27.3 Å². The van der Waals surface area contributed by atoms with E-state index in [1.165, 1.54) is 24.2 Å². The number of hydrazine groups is 1. The highest BCUT2D eigenvalue weighted by Gasteiger charge is 2.21. The molecule has 1 aromatic rings. The predicted molar refractivity (Wildman–Crippen MR) is 95.5 cm³/mol. The minimum absolute atomic E-state index is 0.285. The first-order valence-electron chi connectivity index (χ1n) is 7.79. The van der Waals surface area contributed by atoms with Gasteiger partial charge in [-0.1, -0.05) is 6.92 Å². The van der Waals surface area contributed by atoms with Gasteiger partial charge in [0.15, 0.2) is 0 Å². The van der Waals surface area contributed by atoms with E-state index in [-0.39, 0.29) is 11.9 Å². The number of rotatable bonds is 4. The molecule has 2 rings (SSSR count). The molecule has 3 amide bonds. The normalized spacial score (nSPS) is 19.9. The van der Waals surface area contributed by atoms with Gasteiger partial charge in [0, 0.05) is 19.1 Å². The number of carbonyl (C=O) groups is 2. The van der Waals surface area contributed by atoms with Crippen LogP contribution in [0.5, 0.6) is 0 Å². The van der Waals surface area contributed by atoms with Crippen LogP contribution in [0.2, 0.25) is 0 Å². The molecule has 3 N–H and O–H groups in total. The average Bonchev–Trinajstić information content (AvgIpc) is 2.96. The summed E-state index contributed by atoms with van der Waals surface area (Å²) in [5.74, 6) is 0.387. The van der Waals surface area contributed by atoms with E-state index in [0.717, 1.165) is 16.9 Å². The van der Waals surface area contributed by atoms with Gasteiger partial charge in [-0.05, 0) is 60.3 Å². The zero-order valence-electron chi connectivity index (χ0n) is 13.4. The maximum Gasteiger partial charge on any atom is 0.333 e. The molecule has 1 aromatic heterocycles. The zero-order chi connectivity index (χ0) is 16.8. The Morgan fingerprint density at radius 2 is 2.22 bits per heavy atom. The number of likely N-dealkylation sites (tertiary alicyclic amines) is 1. The Morgan fingerprint density at radius 3 is 2.87 bits per heavy atom. The fourth-order valence-corrected chi connectivity index (χ4v) is 3.93. The third-order valence-corrected chi connectivity index (χ3v) is 5.58. The van der Waals surface area contributed by atoms with Crippen LogP contribution in [-0.2, 0) is 0 Å². The molecule has 128 valence electrons. The first-order valence-corrected chi connectivity index (χ1v) is 9.40. The number of nitrogens with zero attached hydrogens (tertiary/aromatic N) is 1. The van der Waals surface area contributed by atoms with Gasteiger partial charge >= 0.3 is 6.03 Å². The van der Waals surface area contributed by atoms with Crippen molar-refractivity contribution in [2.45, 2.75) is 32.7 Å². The number of halogens is 1. The molecule has 0 spiro atoms. The lowest BCUT2D eigenvalue weighted by Crippen LogP contribution is -2.51. The highest BCUT2D eigenvalue weighted by molar-refractivity contribution is 9.11. The molecule has 0 bridgehead atoms. The molecular formula is C15H23BrN4O2S. The van der Waals surface area contributed by atoms with Gasteiger partial charge in [-0.2, -0.15) is 0 Å². The van der Waals surface area contributed by atoms with Crippen LogP contribution in [0.4, 0.5) is 4.79 Å². The first-order chi connectivity index (χ1) is 11.0. The fraction of sp³-hybridized carbons (Fsp3) is 0.600. The van der Waals surface area contributed by atoms with E-state index in [9.17, 15) is 9.59 Å². The SMILES string of the molecule is CC1CCCN(C(C)CNC(=O)NNC(=O)c2ccc(Br)s2)C1. The van der Waals surface area contributed by atoms with E-state index in [1.54, 1.807) is 12.1 Å². The molecular weight excluding hydrogens is 380 g/mol. The lowest BCUT2D eigenvalue weighted by Gasteiger charge is -2.35. The van der Waals surface area contributed by atoms with Crippen LogP contribution in [-0.4, -0.2) is 42.5 Å². The summed E-state index contributed by atoms with van der Waals surface area (Å²) in [5.41, 5.74) is 4.78. The summed E-state index contributed by atoms with van der Waals surface area (Å²) in [6.45, 7) is 7.09. The van der Waals surface area contributed by atoms with Gasteiger partial charge in [0.25, 0.3) is 5.91 Å². The average molecular weight is 403 g/mol. The molecule has 2 heterocycles. The lowest BCUT2D eigenvalue weighted by atomic mass is 9.99. The van der Waals surface area contributed by atoms with E-state index < -0.39 is 6.03 Å². The van der Waals surface area contributed by atoms with Crippen molar-refractivity contribution in [1.29, 1.82) is 0 Å². The van der Waals surface area contributed by atoms with E-state index >= 15 is 0 Å². The fourth-order valence-electron chi connectivity index (χ4n) is 2.65. The zero-order valence-corrected chi connectivity index (χ0v) is 15.8. The van der Waals surface area contributed by atoms with Crippen LogP contribution < -0.4 is 16.2 Å². The number of thiophene rings is 1. The van der Waals surface area contributed by atoms with Gasteiger partial charge in [-0.25, -0.2) is 10.2 Å². The largest absolute Gasteiger partial charge is 0.335 e. The van der Waals surface area contributed by atoms with Crippen LogP contribution in [0.3, 0.4) is 0 Å². The molecule has 1 aliphatic rings. The number of urea groups is 1. The van der Waals surface area contributed by atoms with Gasteiger partial charge in [-0.15, -0.1) is 11.3 Å². The van der Waals surface area contributed by atoms with Crippen molar-refractivity contribution in [1.82, 2.24) is 21.1 Å². The summed E-state index contributed by atoms with van der Waals surface area (Å²) in [6, 6.07) is 3.38. The topological polar surface area (TPSA) is 73.5 Å². The quantitative estimate of drug-likeness (QED) is 0.677. The molecule has 2 atom stereocenters. The van der Waals surface area contributed by atoms with Gasteiger partial charge in [0.05, 0.1) is 8.66 Å². The summed E-state index contributed by atoms with van der Waals surface area (Å²) >= 11 is 4.61. The Hall–Kier alpha value is -1.12. The Bertz CT molecular complexity index is 551. The maximum absolute atomic E-state index is 11.8. The summed E-state index contributed by atoms with van der Waals surface area (Å²) in [4.78, 5) is 26.5. The lowest BCUT2D eigenvalue weighted by molar-refractivity contribution is 0.0939. The van der Waals surface area contributed by atoms with Crippen molar-refractivity contribution in [2.24, 2.45) is 5.92 Å². The molecule has 8 heteroatoms. The Labute approximate surface area is 149 Å². The Morgan fingerprint density at radius 1 is 1.43 bits per heavy atom. The van der Waals surface area contributed by atoms with E-state index in [0.29, 0.717) is 17.3 Å². The van der Waals surface area contributed by atoms with Crippen LogP contribution in [0.25, 0.3) is 0 Å². The van der Waals surface area contributed by atoms with Crippen molar-refractivity contribution < 1.29 is 9.59 Å². The number of carbonyl (C=O) groups excluding carboxylic acids is 2. The number of hydrogen-bond donors (Lipinski definition) is 3. The van der Waals surface area contributed by atoms with Gasteiger partial charge < -0.3 is 5.32 Å². The third kappa shape index (κ3) is 5.78. The monoisotopic (exact) mass is 402 g/mol. The highest BCUT2D eigenvalue weighted by Crippen LogP contribution is 2.21. The Balaban J connectivity index is 1.67. The molecule has 1 aliphatic heterocycles. The van der Waals surface area contributed by atoms with Crippen LogP contribution in [0, 0.1) is 5.92 Å². The van der Waals surface area contributed by atoms with Gasteiger partial charge in [0.1, 0.15) is 0 Å². The number of nitrogens with one attached hydrogen (secondary N) is 3. The molecule has 1 fully saturated rings.